The summed E-state index contributed by atoms with van der Waals surface area (Å²) < 4.78 is 16.1. The molecule has 5 nitrogen and oxygen atoms in total. The molecule has 0 radical (unpaired) electrons. The number of anilines is 1. The first-order valence-electron chi connectivity index (χ1n) is 6.64. The van der Waals surface area contributed by atoms with Crippen molar-refractivity contribution in [2.75, 3.05) is 12.1 Å². The van der Waals surface area contributed by atoms with E-state index in [0.717, 1.165) is 5.69 Å². The van der Waals surface area contributed by atoms with E-state index in [9.17, 15) is 4.79 Å². The van der Waals surface area contributed by atoms with E-state index in [1.807, 2.05) is 30.3 Å². The summed E-state index contributed by atoms with van der Waals surface area (Å²) in [6.07, 6.45) is -0.620. The van der Waals surface area contributed by atoms with Crippen LogP contribution >= 0.6 is 0 Å². The molecule has 0 fully saturated rings. The fraction of sp³-hybridized carbons (Fsp3) is 0.188. The molecule has 0 bridgehead atoms. The van der Waals surface area contributed by atoms with Crippen molar-refractivity contribution in [2.45, 2.75) is 13.0 Å². The minimum Gasteiger partial charge on any atom is -0.481 e. The first kappa shape index (κ1) is 13.3. The smallest absolute Gasteiger partial charge is 0.265 e. The number of ether oxygens (including phenoxy) is 3. The third-order valence-electron chi connectivity index (χ3n) is 3.07. The normalized spacial score (nSPS) is 13.6. The molecular weight excluding hydrogens is 270 g/mol. The van der Waals surface area contributed by atoms with Crippen molar-refractivity contribution < 1.29 is 19.0 Å². The Morgan fingerprint density at radius 1 is 1.14 bits per heavy atom. The monoisotopic (exact) mass is 285 g/mol. The zero-order valence-electron chi connectivity index (χ0n) is 11.5. The SMILES string of the molecule is C[C@@H](Oc1ccc2c(c1)OCO2)C(=O)Nc1ccccc1. The Labute approximate surface area is 122 Å². The maximum Gasteiger partial charge on any atom is 0.265 e. The van der Waals surface area contributed by atoms with Crippen LogP contribution in [0.5, 0.6) is 17.2 Å². The van der Waals surface area contributed by atoms with Gasteiger partial charge in [-0.3, -0.25) is 4.79 Å². The molecule has 1 amide bonds. The van der Waals surface area contributed by atoms with E-state index in [4.69, 9.17) is 14.2 Å². The van der Waals surface area contributed by atoms with Gasteiger partial charge < -0.3 is 19.5 Å². The van der Waals surface area contributed by atoms with Crippen LogP contribution < -0.4 is 19.5 Å². The Kier molecular flexibility index (Phi) is 3.64. The summed E-state index contributed by atoms with van der Waals surface area (Å²) in [5.74, 6) is 1.67. The third-order valence-corrected chi connectivity index (χ3v) is 3.07. The molecule has 2 aromatic rings. The van der Waals surface area contributed by atoms with Gasteiger partial charge in [0.2, 0.25) is 6.79 Å². The number of fused-ring (bicyclic) bond motifs is 1. The van der Waals surface area contributed by atoms with Crippen LogP contribution in [0.4, 0.5) is 5.69 Å². The van der Waals surface area contributed by atoms with Crippen LogP contribution in [0.15, 0.2) is 48.5 Å². The first-order chi connectivity index (χ1) is 10.2. The minimum absolute atomic E-state index is 0.209. The third kappa shape index (κ3) is 3.08. The lowest BCUT2D eigenvalue weighted by atomic mass is 10.3. The second kappa shape index (κ2) is 5.75. The fourth-order valence-electron chi connectivity index (χ4n) is 1.97. The Balaban J connectivity index is 1.63. The van der Waals surface area contributed by atoms with E-state index >= 15 is 0 Å². The minimum atomic E-state index is -0.620. The van der Waals surface area contributed by atoms with Crippen molar-refractivity contribution in [1.82, 2.24) is 0 Å². The molecule has 1 aliphatic rings. The van der Waals surface area contributed by atoms with Crippen molar-refractivity contribution in [3.05, 3.63) is 48.5 Å². The Morgan fingerprint density at radius 2 is 1.90 bits per heavy atom. The summed E-state index contributed by atoms with van der Waals surface area (Å²) in [4.78, 5) is 12.1. The average Bonchev–Trinajstić information content (AvgIpc) is 2.95. The van der Waals surface area contributed by atoms with Crippen molar-refractivity contribution in [3.8, 4) is 17.2 Å². The van der Waals surface area contributed by atoms with Gasteiger partial charge in [-0.05, 0) is 31.2 Å². The summed E-state index contributed by atoms with van der Waals surface area (Å²) in [5.41, 5.74) is 0.739. The van der Waals surface area contributed by atoms with Crippen molar-refractivity contribution in [1.29, 1.82) is 0 Å². The summed E-state index contributed by atoms with van der Waals surface area (Å²) >= 11 is 0. The molecule has 0 aromatic heterocycles. The zero-order valence-corrected chi connectivity index (χ0v) is 11.5. The molecule has 0 saturated carbocycles. The number of para-hydroxylation sites is 1. The molecule has 0 unspecified atom stereocenters. The zero-order chi connectivity index (χ0) is 14.7. The van der Waals surface area contributed by atoms with Gasteiger partial charge in [-0.25, -0.2) is 0 Å². The number of carbonyl (C=O) groups is 1. The Hall–Kier alpha value is -2.69. The summed E-state index contributed by atoms with van der Waals surface area (Å²) in [6, 6.07) is 14.5. The topological polar surface area (TPSA) is 56.8 Å². The fourth-order valence-corrected chi connectivity index (χ4v) is 1.97. The van der Waals surface area contributed by atoms with Crippen LogP contribution in [0.3, 0.4) is 0 Å². The number of rotatable bonds is 4. The summed E-state index contributed by atoms with van der Waals surface area (Å²) in [6.45, 7) is 1.91. The molecule has 2 aromatic carbocycles. The predicted octanol–water partition coefficient (Wildman–Crippen LogP) is 2.82. The van der Waals surface area contributed by atoms with Crippen LogP contribution in [0.2, 0.25) is 0 Å². The van der Waals surface area contributed by atoms with Crippen LogP contribution in [-0.2, 0) is 4.79 Å². The standard InChI is InChI=1S/C16H15NO4/c1-11(16(18)17-12-5-3-2-4-6-12)21-13-7-8-14-15(9-13)20-10-19-14/h2-9,11H,10H2,1H3,(H,17,18)/t11-/m1/s1. The lowest BCUT2D eigenvalue weighted by Crippen LogP contribution is -2.30. The van der Waals surface area contributed by atoms with Gasteiger partial charge in [-0.15, -0.1) is 0 Å². The van der Waals surface area contributed by atoms with E-state index in [0.29, 0.717) is 17.2 Å². The maximum absolute atomic E-state index is 12.1. The molecule has 1 aliphatic heterocycles. The van der Waals surface area contributed by atoms with Gasteiger partial charge in [0, 0.05) is 11.8 Å². The van der Waals surface area contributed by atoms with Gasteiger partial charge in [0.25, 0.3) is 5.91 Å². The van der Waals surface area contributed by atoms with Crippen molar-refractivity contribution in [2.24, 2.45) is 0 Å². The molecule has 1 heterocycles. The highest BCUT2D eigenvalue weighted by molar-refractivity contribution is 5.94. The van der Waals surface area contributed by atoms with E-state index in [1.54, 1.807) is 25.1 Å². The van der Waals surface area contributed by atoms with Gasteiger partial charge in [-0.2, -0.15) is 0 Å². The number of amides is 1. The van der Waals surface area contributed by atoms with E-state index in [2.05, 4.69) is 5.32 Å². The van der Waals surface area contributed by atoms with Gasteiger partial charge in [0.15, 0.2) is 17.6 Å². The molecule has 1 atom stereocenters. The second-order valence-corrected chi connectivity index (χ2v) is 4.63. The van der Waals surface area contributed by atoms with Gasteiger partial charge in [0.1, 0.15) is 5.75 Å². The molecule has 108 valence electrons. The summed E-state index contributed by atoms with van der Waals surface area (Å²) in [5, 5.41) is 2.79. The number of nitrogens with one attached hydrogen (secondary N) is 1. The number of hydrogen-bond acceptors (Lipinski definition) is 4. The lowest BCUT2D eigenvalue weighted by molar-refractivity contribution is -0.122. The molecular formula is C16H15NO4. The van der Waals surface area contributed by atoms with Crippen molar-refractivity contribution >= 4 is 11.6 Å². The molecule has 21 heavy (non-hydrogen) atoms. The summed E-state index contributed by atoms with van der Waals surface area (Å²) in [7, 11) is 0. The van der Waals surface area contributed by atoms with Gasteiger partial charge in [0.05, 0.1) is 0 Å². The highest BCUT2D eigenvalue weighted by atomic mass is 16.7. The van der Waals surface area contributed by atoms with Crippen molar-refractivity contribution in [3.63, 3.8) is 0 Å². The molecule has 3 rings (SSSR count). The van der Waals surface area contributed by atoms with E-state index < -0.39 is 6.10 Å². The maximum atomic E-state index is 12.1. The van der Waals surface area contributed by atoms with Gasteiger partial charge >= 0.3 is 0 Å². The van der Waals surface area contributed by atoms with Crippen LogP contribution in [0.25, 0.3) is 0 Å². The first-order valence-corrected chi connectivity index (χ1v) is 6.64. The van der Waals surface area contributed by atoms with E-state index in [1.165, 1.54) is 0 Å². The molecule has 0 aliphatic carbocycles. The number of carbonyl (C=O) groups excluding carboxylic acids is 1. The highest BCUT2D eigenvalue weighted by Gasteiger charge is 2.18. The second-order valence-electron chi connectivity index (χ2n) is 4.63. The molecule has 5 heteroatoms. The van der Waals surface area contributed by atoms with Crippen LogP contribution in [0.1, 0.15) is 6.92 Å². The number of benzene rings is 2. The lowest BCUT2D eigenvalue weighted by Gasteiger charge is -2.15. The average molecular weight is 285 g/mol. The number of hydrogen-bond donors (Lipinski definition) is 1. The van der Waals surface area contributed by atoms with Gasteiger partial charge in [-0.1, -0.05) is 18.2 Å². The highest BCUT2D eigenvalue weighted by Crippen LogP contribution is 2.35. The predicted molar refractivity (Wildman–Crippen MR) is 77.7 cm³/mol. The van der Waals surface area contributed by atoms with Crippen LogP contribution in [-0.4, -0.2) is 18.8 Å². The molecule has 0 spiro atoms. The quantitative estimate of drug-likeness (QED) is 0.938. The molecule has 0 saturated heterocycles. The largest absolute Gasteiger partial charge is 0.481 e. The Morgan fingerprint density at radius 3 is 2.71 bits per heavy atom. The van der Waals surface area contributed by atoms with Crippen LogP contribution in [0, 0.1) is 0 Å². The van der Waals surface area contributed by atoms with E-state index in [-0.39, 0.29) is 12.7 Å². The molecule has 1 N–H and O–H groups in total. The Bertz CT molecular complexity index is 642.